The summed E-state index contributed by atoms with van der Waals surface area (Å²) in [6, 6.07) is 10.0. The second-order valence-corrected chi connectivity index (χ2v) is 5.22. The molecule has 0 saturated carbocycles. The van der Waals surface area contributed by atoms with Gasteiger partial charge in [0.1, 0.15) is 6.29 Å². The molecule has 1 N–H and O–H groups in total. The first kappa shape index (κ1) is 14.3. The van der Waals surface area contributed by atoms with E-state index in [0.717, 1.165) is 36.6 Å². The van der Waals surface area contributed by atoms with Gasteiger partial charge < -0.3 is 10.1 Å². The molecule has 2 rings (SSSR count). The van der Waals surface area contributed by atoms with Crippen LogP contribution < -0.4 is 5.32 Å². The molecule has 0 saturated heterocycles. The Morgan fingerprint density at radius 3 is 2.47 bits per heavy atom. The van der Waals surface area contributed by atoms with Gasteiger partial charge in [-0.05, 0) is 41.4 Å². The van der Waals surface area contributed by atoms with Crippen LogP contribution >= 0.6 is 23.2 Å². The molecule has 0 spiro atoms. The average Bonchev–Trinajstić information content (AvgIpc) is 2.40. The zero-order valence-corrected chi connectivity index (χ0v) is 12.0. The molecule has 0 radical (unpaired) electrons. The average molecular weight is 296 g/mol. The van der Waals surface area contributed by atoms with Crippen LogP contribution in [0.2, 0.25) is 10.0 Å². The Morgan fingerprint density at radius 1 is 1.00 bits per heavy atom. The van der Waals surface area contributed by atoms with Crippen molar-refractivity contribution in [3.05, 3.63) is 45.9 Å². The number of hydrogen-bond donors (Lipinski definition) is 1. The van der Waals surface area contributed by atoms with Gasteiger partial charge in [-0.25, -0.2) is 0 Å². The second-order valence-electron chi connectivity index (χ2n) is 4.40. The number of nitrogens with one attached hydrogen (secondary N) is 1. The third-order valence-electron chi connectivity index (χ3n) is 2.97. The van der Waals surface area contributed by atoms with E-state index in [1.165, 1.54) is 5.56 Å². The predicted octanol–water partition coefficient (Wildman–Crippen LogP) is 3.87. The number of hydrogen-bond acceptors (Lipinski definition) is 2. The first-order valence-corrected chi connectivity index (χ1v) is 6.98. The summed E-state index contributed by atoms with van der Waals surface area (Å²) in [6.45, 7) is 1.60. The molecule has 0 unspecified atom stereocenters. The van der Waals surface area contributed by atoms with Crippen LogP contribution in [0.25, 0.3) is 10.8 Å². The van der Waals surface area contributed by atoms with Crippen molar-refractivity contribution < 1.29 is 4.79 Å². The fourth-order valence-electron chi connectivity index (χ4n) is 1.97. The van der Waals surface area contributed by atoms with Gasteiger partial charge in [0.25, 0.3) is 0 Å². The van der Waals surface area contributed by atoms with Gasteiger partial charge >= 0.3 is 0 Å². The molecule has 0 atom stereocenters. The van der Waals surface area contributed by atoms with Gasteiger partial charge in [-0.15, -0.1) is 0 Å². The molecule has 2 aromatic rings. The van der Waals surface area contributed by atoms with E-state index in [9.17, 15) is 4.79 Å². The normalized spacial score (nSPS) is 10.8. The topological polar surface area (TPSA) is 29.1 Å². The first-order valence-electron chi connectivity index (χ1n) is 6.23. The van der Waals surface area contributed by atoms with Crippen molar-refractivity contribution in [2.75, 3.05) is 13.1 Å². The minimum Gasteiger partial charge on any atom is -0.316 e. The number of carbonyl (C=O) groups is 1. The van der Waals surface area contributed by atoms with E-state index in [4.69, 9.17) is 23.2 Å². The second kappa shape index (κ2) is 6.90. The van der Waals surface area contributed by atoms with Gasteiger partial charge in [-0.1, -0.05) is 41.4 Å². The lowest BCUT2D eigenvalue weighted by molar-refractivity contribution is -0.107. The highest BCUT2D eigenvalue weighted by Gasteiger charge is 2.02. The van der Waals surface area contributed by atoms with Crippen LogP contribution in [0.1, 0.15) is 12.0 Å². The van der Waals surface area contributed by atoms with Gasteiger partial charge in [0.05, 0.1) is 10.0 Å². The highest BCUT2D eigenvalue weighted by atomic mass is 35.5. The van der Waals surface area contributed by atoms with Crippen molar-refractivity contribution in [1.82, 2.24) is 5.32 Å². The molecule has 0 aromatic heterocycles. The summed E-state index contributed by atoms with van der Waals surface area (Å²) in [5.41, 5.74) is 1.24. The lowest BCUT2D eigenvalue weighted by Gasteiger charge is -2.06. The fraction of sp³-hybridized carbons (Fsp3) is 0.267. The van der Waals surface area contributed by atoms with E-state index < -0.39 is 0 Å². The largest absolute Gasteiger partial charge is 0.316 e. The van der Waals surface area contributed by atoms with E-state index in [-0.39, 0.29) is 0 Å². The van der Waals surface area contributed by atoms with Crippen LogP contribution in [0.3, 0.4) is 0 Å². The summed E-state index contributed by atoms with van der Waals surface area (Å²) >= 11 is 12.0. The summed E-state index contributed by atoms with van der Waals surface area (Å²) in [5, 5.41) is 6.57. The fourth-order valence-corrected chi connectivity index (χ4v) is 2.31. The summed E-state index contributed by atoms with van der Waals surface area (Å²) in [7, 11) is 0. The summed E-state index contributed by atoms with van der Waals surface area (Å²) in [5.74, 6) is 0. The van der Waals surface area contributed by atoms with Crippen molar-refractivity contribution >= 4 is 40.3 Å². The van der Waals surface area contributed by atoms with Crippen LogP contribution in [0, 0.1) is 0 Å². The third kappa shape index (κ3) is 3.93. The third-order valence-corrected chi connectivity index (χ3v) is 3.70. The molecular weight excluding hydrogens is 281 g/mol. The predicted molar refractivity (Wildman–Crippen MR) is 81.2 cm³/mol. The molecule has 0 aliphatic rings. The van der Waals surface area contributed by atoms with E-state index in [1.807, 2.05) is 12.1 Å². The summed E-state index contributed by atoms with van der Waals surface area (Å²) in [6.07, 6.45) is 2.41. The smallest absolute Gasteiger partial charge is 0.121 e. The minimum atomic E-state index is 0.561. The van der Waals surface area contributed by atoms with Crippen LogP contribution in [0.4, 0.5) is 0 Å². The van der Waals surface area contributed by atoms with Crippen LogP contribution in [0.5, 0.6) is 0 Å². The monoisotopic (exact) mass is 295 g/mol. The Bertz CT molecular complexity index is 584. The SMILES string of the molecule is O=CCCNCCc1ccc2cc(Cl)c(Cl)cc2c1. The van der Waals surface area contributed by atoms with Crippen molar-refractivity contribution in [2.24, 2.45) is 0 Å². The number of benzene rings is 2. The summed E-state index contributed by atoms with van der Waals surface area (Å²) < 4.78 is 0. The lowest BCUT2D eigenvalue weighted by Crippen LogP contribution is -2.18. The van der Waals surface area contributed by atoms with Crippen molar-refractivity contribution in [1.29, 1.82) is 0 Å². The first-order chi connectivity index (χ1) is 9.20. The van der Waals surface area contributed by atoms with Gasteiger partial charge in [-0.2, -0.15) is 0 Å². The lowest BCUT2D eigenvalue weighted by atomic mass is 10.1. The van der Waals surface area contributed by atoms with Crippen molar-refractivity contribution in [3.8, 4) is 0 Å². The molecule has 19 heavy (non-hydrogen) atoms. The van der Waals surface area contributed by atoms with Crippen LogP contribution in [-0.2, 0) is 11.2 Å². The Hall–Kier alpha value is -1.09. The van der Waals surface area contributed by atoms with E-state index in [1.54, 1.807) is 0 Å². The van der Waals surface area contributed by atoms with Crippen molar-refractivity contribution in [2.45, 2.75) is 12.8 Å². The number of fused-ring (bicyclic) bond motifs is 1. The standard InChI is InChI=1S/C15H15Cl2NO/c16-14-9-12-3-2-11(4-6-18-5-1-7-19)8-13(12)10-15(14)17/h2-3,7-10,18H,1,4-6H2. The Kier molecular flexibility index (Phi) is 5.20. The maximum Gasteiger partial charge on any atom is 0.121 e. The number of aldehydes is 1. The highest BCUT2D eigenvalue weighted by Crippen LogP contribution is 2.28. The van der Waals surface area contributed by atoms with Gasteiger partial charge in [0, 0.05) is 13.0 Å². The van der Waals surface area contributed by atoms with E-state index >= 15 is 0 Å². The van der Waals surface area contributed by atoms with Gasteiger partial charge in [0.15, 0.2) is 0 Å². The van der Waals surface area contributed by atoms with Crippen LogP contribution in [0.15, 0.2) is 30.3 Å². The Labute approximate surface area is 122 Å². The van der Waals surface area contributed by atoms with Gasteiger partial charge in [-0.3, -0.25) is 0 Å². The molecule has 0 aliphatic carbocycles. The molecule has 0 aliphatic heterocycles. The number of rotatable bonds is 6. The zero-order valence-electron chi connectivity index (χ0n) is 10.5. The molecule has 2 nitrogen and oxygen atoms in total. The maximum absolute atomic E-state index is 10.2. The number of halogens is 2. The molecule has 0 bridgehead atoms. The molecule has 0 heterocycles. The molecule has 0 amide bonds. The van der Waals surface area contributed by atoms with Crippen LogP contribution in [-0.4, -0.2) is 19.4 Å². The van der Waals surface area contributed by atoms with E-state index in [0.29, 0.717) is 16.5 Å². The van der Waals surface area contributed by atoms with E-state index in [2.05, 4.69) is 23.5 Å². The molecule has 4 heteroatoms. The Balaban J connectivity index is 2.04. The quantitative estimate of drug-likeness (QED) is 0.647. The summed E-state index contributed by atoms with van der Waals surface area (Å²) in [4.78, 5) is 10.2. The zero-order chi connectivity index (χ0) is 13.7. The Morgan fingerprint density at radius 2 is 1.74 bits per heavy atom. The molecule has 100 valence electrons. The van der Waals surface area contributed by atoms with Gasteiger partial charge in [0.2, 0.25) is 0 Å². The molecule has 2 aromatic carbocycles. The maximum atomic E-state index is 10.2. The minimum absolute atomic E-state index is 0.561. The molecular formula is C15H15Cl2NO. The number of carbonyl (C=O) groups excluding carboxylic acids is 1. The molecule has 0 fully saturated rings. The van der Waals surface area contributed by atoms with Crippen molar-refractivity contribution in [3.63, 3.8) is 0 Å². The highest BCUT2D eigenvalue weighted by molar-refractivity contribution is 6.42.